The molecule has 1 aliphatic heterocycles. The molecule has 1 aliphatic rings. The lowest BCUT2D eigenvalue weighted by atomic mass is 10.0. The normalized spacial score (nSPS) is 25.6. The van der Waals surface area contributed by atoms with Gasteiger partial charge >= 0.3 is 0 Å². The average molecular weight is 193 g/mol. The predicted octanol–water partition coefficient (Wildman–Crippen LogP) is 1.79. The molecule has 0 aromatic carbocycles. The van der Waals surface area contributed by atoms with Crippen LogP contribution in [-0.2, 0) is 0 Å². The van der Waals surface area contributed by atoms with E-state index in [1.54, 1.807) is 6.08 Å². The standard InChI is InChI=1S/C12H19NO/c1-3-5-7-10(4-2)12(14)11-8-6-9-13-11/h3-5,7,11-14H,1,6,8-9H2,2H3/b7-5-,10-4+/t11-,12?/m1/s1. The van der Waals surface area contributed by atoms with Gasteiger partial charge in [0.15, 0.2) is 0 Å². The van der Waals surface area contributed by atoms with E-state index in [1.807, 2.05) is 25.2 Å². The molecule has 0 bridgehead atoms. The summed E-state index contributed by atoms with van der Waals surface area (Å²) < 4.78 is 0. The van der Waals surface area contributed by atoms with E-state index in [2.05, 4.69) is 11.9 Å². The lowest BCUT2D eigenvalue weighted by Gasteiger charge is -2.19. The van der Waals surface area contributed by atoms with Crippen LogP contribution < -0.4 is 5.32 Å². The summed E-state index contributed by atoms with van der Waals surface area (Å²) in [7, 11) is 0. The van der Waals surface area contributed by atoms with E-state index in [-0.39, 0.29) is 6.04 Å². The fourth-order valence-corrected chi connectivity index (χ4v) is 1.76. The van der Waals surface area contributed by atoms with Crippen molar-refractivity contribution in [3.05, 3.63) is 36.5 Å². The van der Waals surface area contributed by atoms with E-state index in [9.17, 15) is 5.11 Å². The molecule has 1 rings (SSSR count). The van der Waals surface area contributed by atoms with Gasteiger partial charge in [-0.1, -0.05) is 30.9 Å². The number of allylic oxidation sites excluding steroid dienone is 3. The van der Waals surface area contributed by atoms with Crippen LogP contribution in [0.15, 0.2) is 36.5 Å². The summed E-state index contributed by atoms with van der Waals surface area (Å²) in [5.74, 6) is 0. The average Bonchev–Trinajstić information content (AvgIpc) is 2.71. The number of aliphatic hydroxyl groups excluding tert-OH is 1. The maximum atomic E-state index is 10.0. The van der Waals surface area contributed by atoms with Crippen LogP contribution in [0, 0.1) is 0 Å². The van der Waals surface area contributed by atoms with Crippen LogP contribution in [0.2, 0.25) is 0 Å². The van der Waals surface area contributed by atoms with Crippen LogP contribution in [0.25, 0.3) is 0 Å². The van der Waals surface area contributed by atoms with Gasteiger partial charge in [-0.25, -0.2) is 0 Å². The maximum Gasteiger partial charge on any atom is 0.0939 e. The highest BCUT2D eigenvalue weighted by Gasteiger charge is 2.23. The van der Waals surface area contributed by atoms with Crippen LogP contribution in [0.3, 0.4) is 0 Å². The summed E-state index contributed by atoms with van der Waals surface area (Å²) in [6.45, 7) is 6.58. The Morgan fingerprint density at radius 1 is 1.64 bits per heavy atom. The van der Waals surface area contributed by atoms with Gasteiger partial charge in [0.2, 0.25) is 0 Å². The van der Waals surface area contributed by atoms with E-state index >= 15 is 0 Å². The van der Waals surface area contributed by atoms with E-state index in [0.29, 0.717) is 0 Å². The fourth-order valence-electron chi connectivity index (χ4n) is 1.76. The number of hydrogen-bond acceptors (Lipinski definition) is 2. The van der Waals surface area contributed by atoms with Crippen molar-refractivity contribution in [2.45, 2.75) is 31.9 Å². The molecule has 0 aliphatic carbocycles. The summed E-state index contributed by atoms with van der Waals surface area (Å²) >= 11 is 0. The van der Waals surface area contributed by atoms with Crippen LogP contribution in [0.1, 0.15) is 19.8 Å². The molecule has 2 N–H and O–H groups in total. The number of nitrogens with one attached hydrogen (secondary N) is 1. The van der Waals surface area contributed by atoms with Gasteiger partial charge in [-0.05, 0) is 31.9 Å². The predicted molar refractivity (Wildman–Crippen MR) is 60.1 cm³/mol. The molecular formula is C12H19NO. The zero-order valence-electron chi connectivity index (χ0n) is 8.74. The Labute approximate surface area is 86.0 Å². The third-order valence-electron chi connectivity index (χ3n) is 2.58. The second-order valence-corrected chi connectivity index (χ2v) is 3.53. The quantitative estimate of drug-likeness (QED) is 0.667. The smallest absolute Gasteiger partial charge is 0.0939 e. The van der Waals surface area contributed by atoms with Crippen molar-refractivity contribution in [1.29, 1.82) is 0 Å². The Hall–Kier alpha value is -0.860. The molecule has 0 aromatic rings. The van der Waals surface area contributed by atoms with Crippen molar-refractivity contribution in [3.63, 3.8) is 0 Å². The molecule has 0 spiro atoms. The van der Waals surface area contributed by atoms with Crippen molar-refractivity contribution in [2.24, 2.45) is 0 Å². The molecule has 14 heavy (non-hydrogen) atoms. The van der Waals surface area contributed by atoms with Crippen molar-refractivity contribution in [3.8, 4) is 0 Å². The first kappa shape index (κ1) is 11.2. The van der Waals surface area contributed by atoms with Gasteiger partial charge in [-0.2, -0.15) is 0 Å². The SMILES string of the molecule is C=C/C=C\C(=C/C)C(O)[C@H]1CCCN1. The monoisotopic (exact) mass is 193 g/mol. The molecule has 2 nitrogen and oxygen atoms in total. The number of rotatable bonds is 4. The van der Waals surface area contributed by atoms with Gasteiger partial charge in [0.25, 0.3) is 0 Å². The van der Waals surface area contributed by atoms with E-state index in [1.165, 1.54) is 0 Å². The summed E-state index contributed by atoms with van der Waals surface area (Å²) in [5, 5.41) is 13.3. The van der Waals surface area contributed by atoms with Crippen LogP contribution in [0.5, 0.6) is 0 Å². The van der Waals surface area contributed by atoms with Gasteiger partial charge in [0, 0.05) is 6.04 Å². The van der Waals surface area contributed by atoms with E-state index in [4.69, 9.17) is 0 Å². The summed E-state index contributed by atoms with van der Waals surface area (Å²) in [6, 6.07) is 0.218. The van der Waals surface area contributed by atoms with Crippen LogP contribution in [-0.4, -0.2) is 23.8 Å². The van der Waals surface area contributed by atoms with Gasteiger partial charge in [0.05, 0.1) is 6.10 Å². The topological polar surface area (TPSA) is 32.3 Å². The minimum Gasteiger partial charge on any atom is -0.387 e. The Morgan fingerprint density at radius 3 is 2.93 bits per heavy atom. The number of aliphatic hydroxyl groups is 1. The lowest BCUT2D eigenvalue weighted by Crippen LogP contribution is -2.35. The first-order chi connectivity index (χ1) is 6.79. The van der Waals surface area contributed by atoms with Gasteiger partial charge < -0.3 is 10.4 Å². The van der Waals surface area contributed by atoms with E-state index in [0.717, 1.165) is 25.0 Å². The largest absolute Gasteiger partial charge is 0.387 e. The molecule has 1 unspecified atom stereocenters. The molecular weight excluding hydrogens is 174 g/mol. The van der Waals surface area contributed by atoms with Crippen molar-refractivity contribution < 1.29 is 5.11 Å². The first-order valence-electron chi connectivity index (χ1n) is 5.16. The first-order valence-corrected chi connectivity index (χ1v) is 5.16. The third-order valence-corrected chi connectivity index (χ3v) is 2.58. The van der Waals surface area contributed by atoms with Crippen LogP contribution in [0.4, 0.5) is 0 Å². The van der Waals surface area contributed by atoms with Crippen molar-refractivity contribution in [2.75, 3.05) is 6.54 Å². The van der Waals surface area contributed by atoms with Crippen LogP contribution >= 0.6 is 0 Å². The molecule has 1 heterocycles. The fraction of sp³-hybridized carbons (Fsp3) is 0.500. The molecule has 0 saturated carbocycles. The molecule has 78 valence electrons. The Kier molecular flexibility index (Phi) is 4.63. The summed E-state index contributed by atoms with van der Waals surface area (Å²) in [4.78, 5) is 0. The van der Waals surface area contributed by atoms with E-state index < -0.39 is 6.10 Å². The second-order valence-electron chi connectivity index (χ2n) is 3.53. The zero-order valence-corrected chi connectivity index (χ0v) is 8.74. The van der Waals surface area contributed by atoms with Crippen molar-refractivity contribution >= 4 is 0 Å². The Bertz CT molecular complexity index is 237. The molecule has 1 fully saturated rings. The maximum absolute atomic E-state index is 10.0. The van der Waals surface area contributed by atoms with Gasteiger partial charge in [0.1, 0.15) is 0 Å². The molecule has 2 heteroatoms. The van der Waals surface area contributed by atoms with Gasteiger partial charge in [-0.3, -0.25) is 0 Å². The Morgan fingerprint density at radius 2 is 2.43 bits per heavy atom. The molecule has 0 radical (unpaired) electrons. The highest BCUT2D eigenvalue weighted by atomic mass is 16.3. The minimum atomic E-state index is -0.390. The zero-order chi connectivity index (χ0) is 10.4. The van der Waals surface area contributed by atoms with Gasteiger partial charge in [-0.15, -0.1) is 0 Å². The highest BCUT2D eigenvalue weighted by Crippen LogP contribution is 2.16. The molecule has 1 saturated heterocycles. The third kappa shape index (κ3) is 2.82. The summed E-state index contributed by atoms with van der Waals surface area (Å²) in [6.07, 6.45) is 9.26. The second kappa shape index (κ2) is 5.78. The Balaban J connectivity index is 2.59. The molecule has 2 atom stereocenters. The minimum absolute atomic E-state index is 0.218. The van der Waals surface area contributed by atoms with Crippen molar-refractivity contribution in [1.82, 2.24) is 5.32 Å². The lowest BCUT2D eigenvalue weighted by molar-refractivity contribution is 0.173. The molecule has 0 aromatic heterocycles. The summed E-state index contributed by atoms with van der Waals surface area (Å²) in [5.41, 5.74) is 0.962. The number of hydrogen-bond donors (Lipinski definition) is 2. The highest BCUT2D eigenvalue weighted by molar-refractivity contribution is 5.26. The molecule has 0 amide bonds.